The van der Waals surface area contributed by atoms with Crippen LogP contribution in [0.4, 0.5) is 5.69 Å². The van der Waals surface area contributed by atoms with Crippen molar-refractivity contribution in [3.8, 4) is 5.75 Å². The molecule has 0 aliphatic carbocycles. The van der Waals surface area contributed by atoms with Gasteiger partial charge in [0.2, 0.25) is 5.56 Å². The molecule has 2 aromatic rings. The molecule has 2 rings (SSSR count). The lowest BCUT2D eigenvalue weighted by atomic mass is 10.2. The van der Waals surface area contributed by atoms with Gasteiger partial charge in [0.25, 0.3) is 5.91 Å². The molecular weight excluding hydrogens is 315 g/mol. The molecule has 0 aliphatic rings. The van der Waals surface area contributed by atoms with Crippen LogP contribution in [0.2, 0.25) is 10.0 Å². The van der Waals surface area contributed by atoms with Gasteiger partial charge in [-0.15, -0.1) is 0 Å². The van der Waals surface area contributed by atoms with E-state index in [2.05, 4.69) is 10.3 Å². The second-order valence-electron chi connectivity index (χ2n) is 4.31. The van der Waals surface area contributed by atoms with Crippen molar-refractivity contribution in [3.63, 3.8) is 0 Å². The van der Waals surface area contributed by atoms with Gasteiger partial charge in [-0.2, -0.15) is 0 Å². The van der Waals surface area contributed by atoms with Crippen LogP contribution in [0.25, 0.3) is 0 Å². The summed E-state index contributed by atoms with van der Waals surface area (Å²) < 4.78 is 5.31. The van der Waals surface area contributed by atoms with E-state index in [-0.39, 0.29) is 18.1 Å². The highest BCUT2D eigenvalue weighted by atomic mass is 35.5. The highest BCUT2D eigenvalue weighted by molar-refractivity contribution is 6.34. The van der Waals surface area contributed by atoms with Crippen molar-refractivity contribution >= 4 is 34.8 Å². The maximum Gasteiger partial charge on any atom is 0.262 e. The van der Waals surface area contributed by atoms with Crippen LogP contribution in [0, 0.1) is 6.92 Å². The van der Waals surface area contributed by atoms with Crippen molar-refractivity contribution in [1.29, 1.82) is 0 Å². The summed E-state index contributed by atoms with van der Waals surface area (Å²) in [5.41, 5.74) is 0.945. The molecule has 110 valence electrons. The number of aryl methyl sites for hydroxylation is 1. The highest BCUT2D eigenvalue weighted by Crippen LogP contribution is 2.27. The zero-order valence-electron chi connectivity index (χ0n) is 11.1. The summed E-state index contributed by atoms with van der Waals surface area (Å²) in [5, 5.41) is 3.46. The Labute approximate surface area is 130 Å². The number of nitrogens with one attached hydrogen (secondary N) is 2. The van der Waals surface area contributed by atoms with E-state index >= 15 is 0 Å². The Balaban J connectivity index is 1.99. The predicted octanol–water partition coefficient (Wildman–Crippen LogP) is 3.01. The molecule has 0 radical (unpaired) electrons. The largest absolute Gasteiger partial charge is 0.482 e. The van der Waals surface area contributed by atoms with Crippen LogP contribution in [0.3, 0.4) is 0 Å². The first-order valence-electron chi connectivity index (χ1n) is 6.03. The van der Waals surface area contributed by atoms with Gasteiger partial charge in [-0.1, -0.05) is 23.2 Å². The lowest BCUT2D eigenvalue weighted by molar-refractivity contribution is -0.118. The Bertz CT molecular complexity index is 728. The summed E-state index contributed by atoms with van der Waals surface area (Å²) in [6.45, 7) is 1.50. The molecule has 7 heteroatoms. The predicted molar refractivity (Wildman–Crippen MR) is 82.4 cm³/mol. The first-order chi connectivity index (χ1) is 9.95. The molecule has 0 atom stereocenters. The Morgan fingerprint density at radius 2 is 2.10 bits per heavy atom. The summed E-state index contributed by atoms with van der Waals surface area (Å²) in [6, 6.07) is 6.14. The van der Waals surface area contributed by atoms with Crippen molar-refractivity contribution in [1.82, 2.24) is 4.98 Å². The third-order valence-electron chi connectivity index (χ3n) is 2.66. The monoisotopic (exact) mass is 326 g/mol. The molecule has 0 aliphatic heterocycles. The van der Waals surface area contributed by atoms with Crippen molar-refractivity contribution in [2.45, 2.75) is 6.92 Å². The van der Waals surface area contributed by atoms with E-state index in [1.54, 1.807) is 19.1 Å². The number of aromatic amines is 1. The van der Waals surface area contributed by atoms with Crippen molar-refractivity contribution < 1.29 is 9.53 Å². The smallest absolute Gasteiger partial charge is 0.262 e. The number of benzene rings is 1. The highest BCUT2D eigenvalue weighted by Gasteiger charge is 2.08. The summed E-state index contributed by atoms with van der Waals surface area (Å²) >= 11 is 11.8. The summed E-state index contributed by atoms with van der Waals surface area (Å²) in [4.78, 5) is 25.4. The van der Waals surface area contributed by atoms with E-state index in [1.807, 2.05) is 0 Å². The van der Waals surface area contributed by atoms with Gasteiger partial charge in [0.05, 0.1) is 10.7 Å². The van der Waals surface area contributed by atoms with Crippen LogP contribution < -0.4 is 15.6 Å². The van der Waals surface area contributed by atoms with Crippen LogP contribution in [0.1, 0.15) is 5.56 Å². The lowest BCUT2D eigenvalue weighted by Crippen LogP contribution is -2.21. The quantitative estimate of drug-likeness (QED) is 0.907. The van der Waals surface area contributed by atoms with Crippen LogP contribution >= 0.6 is 23.2 Å². The van der Waals surface area contributed by atoms with Crippen molar-refractivity contribution in [2.75, 3.05) is 11.9 Å². The first-order valence-corrected chi connectivity index (χ1v) is 6.78. The second kappa shape index (κ2) is 6.65. The number of hydrogen-bond acceptors (Lipinski definition) is 3. The van der Waals surface area contributed by atoms with Gasteiger partial charge < -0.3 is 15.0 Å². The molecule has 0 unspecified atom stereocenters. The summed E-state index contributed by atoms with van der Waals surface area (Å²) in [7, 11) is 0. The number of anilines is 1. The van der Waals surface area contributed by atoms with Crippen molar-refractivity contribution in [3.05, 3.63) is 56.4 Å². The minimum absolute atomic E-state index is 0.224. The van der Waals surface area contributed by atoms with Crippen molar-refractivity contribution in [2.24, 2.45) is 0 Å². The number of carbonyl (C=O) groups excluding carboxylic acids is 1. The molecule has 21 heavy (non-hydrogen) atoms. The first kappa shape index (κ1) is 15.4. The normalized spacial score (nSPS) is 10.2. The molecule has 5 nitrogen and oxygen atoms in total. The van der Waals surface area contributed by atoms with E-state index in [4.69, 9.17) is 27.9 Å². The molecule has 0 saturated carbocycles. The van der Waals surface area contributed by atoms with Crippen LogP contribution in [0.15, 0.2) is 35.3 Å². The average molecular weight is 327 g/mol. The fourth-order valence-corrected chi connectivity index (χ4v) is 1.96. The molecule has 1 aromatic heterocycles. The Hall–Kier alpha value is -1.98. The Morgan fingerprint density at radius 3 is 2.81 bits per heavy atom. The number of halogens is 2. The van der Waals surface area contributed by atoms with E-state index in [1.165, 1.54) is 18.3 Å². The van der Waals surface area contributed by atoms with Crippen LogP contribution in [0.5, 0.6) is 5.75 Å². The lowest BCUT2D eigenvalue weighted by Gasteiger charge is -2.10. The molecule has 2 N–H and O–H groups in total. The maximum atomic E-state index is 11.8. The zero-order chi connectivity index (χ0) is 15.4. The number of H-pyrrole nitrogens is 1. The van der Waals surface area contributed by atoms with E-state index in [0.29, 0.717) is 27.0 Å². The van der Waals surface area contributed by atoms with E-state index in [9.17, 15) is 9.59 Å². The molecule has 1 aromatic carbocycles. The number of aromatic nitrogens is 1. The number of hydrogen-bond donors (Lipinski definition) is 2. The fourth-order valence-electron chi connectivity index (χ4n) is 1.63. The second-order valence-corrected chi connectivity index (χ2v) is 5.15. The van der Waals surface area contributed by atoms with Gasteiger partial charge in [-0.3, -0.25) is 9.59 Å². The van der Waals surface area contributed by atoms with Gasteiger partial charge >= 0.3 is 0 Å². The number of carbonyl (C=O) groups is 1. The molecule has 0 saturated heterocycles. The summed E-state index contributed by atoms with van der Waals surface area (Å²) in [5.74, 6) is -0.0429. The number of amides is 1. The van der Waals surface area contributed by atoms with Gasteiger partial charge in [-0.25, -0.2) is 0 Å². The van der Waals surface area contributed by atoms with Crippen LogP contribution in [-0.2, 0) is 4.79 Å². The molecule has 1 heterocycles. The summed E-state index contributed by atoms with van der Waals surface area (Å²) in [6.07, 6.45) is 1.43. The van der Waals surface area contributed by atoms with E-state index in [0.717, 1.165) is 0 Å². The standard InChI is InChI=1S/C14H12Cl2N2O3/c1-8-4-13(19)17-6-11(8)18-14(20)7-21-12-5-9(15)2-3-10(12)16/h2-6H,7H2,1H3,(H,17,19)(H,18,20). The van der Waals surface area contributed by atoms with E-state index < -0.39 is 0 Å². The number of pyridine rings is 1. The minimum atomic E-state index is -0.374. The average Bonchev–Trinajstić information content (AvgIpc) is 2.43. The fraction of sp³-hybridized carbons (Fsp3) is 0.143. The van der Waals surface area contributed by atoms with Gasteiger partial charge in [-0.05, 0) is 24.6 Å². The van der Waals surface area contributed by atoms with Gasteiger partial charge in [0.1, 0.15) is 5.75 Å². The molecule has 0 spiro atoms. The Kier molecular flexibility index (Phi) is 4.88. The third kappa shape index (κ3) is 4.24. The number of rotatable bonds is 4. The minimum Gasteiger partial charge on any atom is -0.482 e. The van der Waals surface area contributed by atoms with Gasteiger partial charge in [0, 0.05) is 23.4 Å². The zero-order valence-corrected chi connectivity index (χ0v) is 12.6. The number of ether oxygens (including phenoxy) is 1. The van der Waals surface area contributed by atoms with Gasteiger partial charge in [0.15, 0.2) is 6.61 Å². The molecule has 0 fully saturated rings. The SMILES string of the molecule is Cc1cc(=O)[nH]cc1NC(=O)COc1cc(Cl)ccc1Cl. The third-order valence-corrected chi connectivity index (χ3v) is 3.20. The van der Waals surface area contributed by atoms with Crippen LogP contribution in [-0.4, -0.2) is 17.5 Å². The Morgan fingerprint density at radius 1 is 1.33 bits per heavy atom. The molecule has 0 bridgehead atoms. The maximum absolute atomic E-state index is 11.8. The molecule has 1 amide bonds. The topological polar surface area (TPSA) is 71.2 Å². The molecular formula is C14H12Cl2N2O3.